The molecule has 0 spiro atoms. The fourth-order valence-electron chi connectivity index (χ4n) is 3.86. The third-order valence-electron chi connectivity index (χ3n) is 5.48. The zero-order chi connectivity index (χ0) is 20.1. The van der Waals surface area contributed by atoms with E-state index in [1.807, 2.05) is 30.3 Å². The van der Waals surface area contributed by atoms with Crippen LogP contribution in [0.3, 0.4) is 0 Å². The highest BCUT2D eigenvalue weighted by atomic mass is 35.5. The lowest BCUT2D eigenvalue weighted by Crippen LogP contribution is -2.45. The van der Waals surface area contributed by atoms with Gasteiger partial charge in [0.15, 0.2) is 11.5 Å². The van der Waals surface area contributed by atoms with Gasteiger partial charge in [-0.1, -0.05) is 23.7 Å². The maximum Gasteiger partial charge on any atom is 0.224 e. The number of rotatable bonds is 6. The smallest absolute Gasteiger partial charge is 0.224 e. The number of likely N-dealkylation sites (tertiary alicyclic amines) is 1. The molecule has 1 atom stereocenters. The molecule has 154 valence electrons. The van der Waals surface area contributed by atoms with Gasteiger partial charge < -0.3 is 14.8 Å². The van der Waals surface area contributed by atoms with E-state index in [2.05, 4.69) is 15.2 Å². The summed E-state index contributed by atoms with van der Waals surface area (Å²) in [5.41, 5.74) is 0.941. The molecule has 29 heavy (non-hydrogen) atoms. The Labute approximate surface area is 176 Å². The van der Waals surface area contributed by atoms with Crippen LogP contribution in [0.4, 0.5) is 0 Å². The minimum Gasteiger partial charge on any atom is -0.486 e. The molecule has 0 saturated carbocycles. The van der Waals surface area contributed by atoms with Gasteiger partial charge in [0.1, 0.15) is 12.7 Å². The fourth-order valence-corrected chi connectivity index (χ4v) is 4.07. The SMILES string of the molecule is O=C(Cc1cccnc1)NCC1CCN(C[C@H]2COc3cccc(Cl)c3O2)CC1. The van der Waals surface area contributed by atoms with Crippen LogP contribution < -0.4 is 14.8 Å². The maximum absolute atomic E-state index is 12.1. The quantitative estimate of drug-likeness (QED) is 0.785. The Bertz CT molecular complexity index is 825. The zero-order valence-corrected chi connectivity index (χ0v) is 17.1. The lowest BCUT2D eigenvalue weighted by molar-refractivity contribution is -0.120. The summed E-state index contributed by atoms with van der Waals surface area (Å²) in [7, 11) is 0. The van der Waals surface area contributed by atoms with Crippen LogP contribution in [0.2, 0.25) is 5.02 Å². The van der Waals surface area contributed by atoms with E-state index in [9.17, 15) is 4.79 Å². The number of nitrogens with zero attached hydrogens (tertiary/aromatic N) is 2. The van der Waals surface area contributed by atoms with Gasteiger partial charge in [-0.2, -0.15) is 0 Å². The third-order valence-corrected chi connectivity index (χ3v) is 5.78. The Morgan fingerprint density at radius 2 is 2.10 bits per heavy atom. The molecule has 7 heteroatoms. The number of halogens is 1. The summed E-state index contributed by atoms with van der Waals surface area (Å²) in [4.78, 5) is 18.6. The molecule has 1 saturated heterocycles. The van der Waals surface area contributed by atoms with Crippen molar-refractivity contribution < 1.29 is 14.3 Å². The highest BCUT2D eigenvalue weighted by molar-refractivity contribution is 6.32. The molecule has 1 aromatic carbocycles. The number of nitrogens with one attached hydrogen (secondary N) is 1. The van der Waals surface area contributed by atoms with Crippen molar-refractivity contribution in [2.45, 2.75) is 25.4 Å². The molecule has 1 aromatic heterocycles. The number of benzene rings is 1. The van der Waals surface area contributed by atoms with Crippen molar-refractivity contribution in [1.29, 1.82) is 0 Å². The van der Waals surface area contributed by atoms with Crippen LogP contribution in [-0.2, 0) is 11.2 Å². The molecule has 1 amide bonds. The van der Waals surface area contributed by atoms with Gasteiger partial charge in [0, 0.05) is 25.5 Å². The highest BCUT2D eigenvalue weighted by Gasteiger charge is 2.27. The first kappa shape index (κ1) is 20.0. The Balaban J connectivity index is 1.17. The summed E-state index contributed by atoms with van der Waals surface area (Å²) < 4.78 is 11.9. The predicted molar refractivity (Wildman–Crippen MR) is 111 cm³/mol. The highest BCUT2D eigenvalue weighted by Crippen LogP contribution is 2.38. The Hall–Kier alpha value is -2.31. The molecule has 0 radical (unpaired) electrons. The van der Waals surface area contributed by atoms with E-state index in [-0.39, 0.29) is 12.0 Å². The number of fused-ring (bicyclic) bond motifs is 1. The Kier molecular flexibility index (Phi) is 6.52. The van der Waals surface area contributed by atoms with E-state index in [4.69, 9.17) is 21.1 Å². The second-order valence-electron chi connectivity index (χ2n) is 7.70. The number of amides is 1. The van der Waals surface area contributed by atoms with Crippen molar-refractivity contribution in [2.75, 3.05) is 32.8 Å². The van der Waals surface area contributed by atoms with Crippen LogP contribution in [0, 0.1) is 5.92 Å². The molecule has 0 aliphatic carbocycles. The summed E-state index contributed by atoms with van der Waals surface area (Å²) in [5.74, 6) is 1.94. The van der Waals surface area contributed by atoms with Gasteiger partial charge in [-0.15, -0.1) is 0 Å². The Morgan fingerprint density at radius 1 is 1.24 bits per heavy atom. The van der Waals surface area contributed by atoms with Gasteiger partial charge in [0.05, 0.1) is 11.4 Å². The number of aromatic nitrogens is 1. The van der Waals surface area contributed by atoms with Gasteiger partial charge in [-0.25, -0.2) is 0 Å². The fraction of sp³-hybridized carbons (Fsp3) is 0.455. The largest absolute Gasteiger partial charge is 0.486 e. The molecule has 0 bridgehead atoms. The first-order valence-electron chi connectivity index (χ1n) is 10.1. The Morgan fingerprint density at radius 3 is 2.90 bits per heavy atom. The lowest BCUT2D eigenvalue weighted by atomic mass is 9.96. The number of carbonyl (C=O) groups excluding carboxylic acids is 1. The number of pyridine rings is 1. The van der Waals surface area contributed by atoms with Crippen molar-refractivity contribution in [3.63, 3.8) is 0 Å². The van der Waals surface area contributed by atoms with Gasteiger partial charge >= 0.3 is 0 Å². The van der Waals surface area contributed by atoms with Gasteiger partial charge in [-0.3, -0.25) is 14.7 Å². The number of carbonyl (C=O) groups is 1. The van der Waals surface area contributed by atoms with Crippen LogP contribution in [0.15, 0.2) is 42.7 Å². The summed E-state index contributed by atoms with van der Waals surface area (Å²) in [6.07, 6.45) is 5.96. The molecule has 2 aliphatic rings. The topological polar surface area (TPSA) is 63.7 Å². The van der Waals surface area contributed by atoms with E-state index in [1.165, 1.54) is 0 Å². The predicted octanol–water partition coefficient (Wildman–Crippen LogP) is 2.95. The number of hydrogen-bond donors (Lipinski definition) is 1. The summed E-state index contributed by atoms with van der Waals surface area (Å²) in [5, 5.41) is 3.66. The molecule has 2 aromatic rings. The minimum absolute atomic E-state index is 0.0156. The van der Waals surface area contributed by atoms with E-state index < -0.39 is 0 Å². The zero-order valence-electron chi connectivity index (χ0n) is 16.4. The van der Waals surface area contributed by atoms with E-state index in [0.29, 0.717) is 29.7 Å². The normalized spacial score (nSPS) is 19.7. The van der Waals surface area contributed by atoms with Crippen LogP contribution in [0.25, 0.3) is 0 Å². The second kappa shape index (κ2) is 9.46. The van der Waals surface area contributed by atoms with Crippen LogP contribution in [-0.4, -0.2) is 54.7 Å². The van der Waals surface area contributed by atoms with Crippen LogP contribution >= 0.6 is 11.6 Å². The van der Waals surface area contributed by atoms with Crippen LogP contribution in [0.1, 0.15) is 18.4 Å². The van der Waals surface area contributed by atoms with Crippen molar-refractivity contribution in [3.8, 4) is 11.5 Å². The number of piperidine rings is 1. The first-order chi connectivity index (χ1) is 14.2. The summed E-state index contributed by atoms with van der Waals surface area (Å²) in [6.45, 7) is 4.10. The molecule has 1 N–H and O–H groups in total. The standard InChI is InChI=1S/C22H26ClN3O3/c23-19-4-1-5-20-22(19)29-18(15-28-20)14-26-9-6-16(7-10-26)13-25-21(27)11-17-3-2-8-24-12-17/h1-5,8,12,16,18H,6-7,9-11,13-15H2,(H,25,27)/t18-/m0/s1. The van der Waals surface area contributed by atoms with E-state index in [1.54, 1.807) is 12.4 Å². The third kappa shape index (κ3) is 5.40. The molecule has 4 rings (SSSR count). The molecule has 2 aliphatic heterocycles. The average molecular weight is 416 g/mol. The second-order valence-corrected chi connectivity index (χ2v) is 8.11. The van der Waals surface area contributed by atoms with Crippen molar-refractivity contribution >= 4 is 17.5 Å². The van der Waals surface area contributed by atoms with E-state index >= 15 is 0 Å². The number of ether oxygens (including phenoxy) is 2. The number of para-hydroxylation sites is 1. The molecular weight excluding hydrogens is 390 g/mol. The van der Waals surface area contributed by atoms with Crippen molar-refractivity contribution in [2.24, 2.45) is 5.92 Å². The average Bonchev–Trinajstić information content (AvgIpc) is 2.75. The molecule has 3 heterocycles. The summed E-state index contributed by atoms with van der Waals surface area (Å²) >= 11 is 6.22. The first-order valence-corrected chi connectivity index (χ1v) is 10.5. The minimum atomic E-state index is -0.0156. The molecule has 6 nitrogen and oxygen atoms in total. The number of hydrogen-bond acceptors (Lipinski definition) is 5. The van der Waals surface area contributed by atoms with Crippen molar-refractivity contribution in [3.05, 3.63) is 53.3 Å². The maximum atomic E-state index is 12.1. The van der Waals surface area contributed by atoms with E-state index in [0.717, 1.165) is 50.3 Å². The van der Waals surface area contributed by atoms with Crippen molar-refractivity contribution in [1.82, 2.24) is 15.2 Å². The molecule has 1 fully saturated rings. The summed E-state index contributed by atoms with van der Waals surface area (Å²) in [6, 6.07) is 9.34. The molecular formula is C22H26ClN3O3. The monoisotopic (exact) mass is 415 g/mol. The van der Waals surface area contributed by atoms with Gasteiger partial charge in [0.2, 0.25) is 5.91 Å². The lowest BCUT2D eigenvalue weighted by Gasteiger charge is -2.35. The van der Waals surface area contributed by atoms with Gasteiger partial charge in [-0.05, 0) is 55.6 Å². The molecule has 0 unspecified atom stereocenters. The van der Waals surface area contributed by atoms with Crippen LogP contribution in [0.5, 0.6) is 11.5 Å². The van der Waals surface area contributed by atoms with Gasteiger partial charge in [0.25, 0.3) is 0 Å².